The van der Waals surface area contributed by atoms with Crippen LogP contribution in [0, 0.1) is 5.82 Å². The van der Waals surface area contributed by atoms with Crippen LogP contribution in [0.4, 0.5) is 17.6 Å². The van der Waals surface area contributed by atoms with E-state index in [0.29, 0.717) is 17.3 Å². The highest BCUT2D eigenvalue weighted by atomic mass is 79.9. The fraction of sp³-hybridized carbons (Fsp3) is 0.250. The lowest BCUT2D eigenvalue weighted by Crippen LogP contribution is -2.08. The first-order valence-corrected chi connectivity index (χ1v) is 7.50. The molecule has 0 aliphatic rings. The number of hydrogen-bond donors (Lipinski definition) is 0. The van der Waals surface area contributed by atoms with Gasteiger partial charge in [0.1, 0.15) is 5.82 Å². The van der Waals surface area contributed by atoms with Gasteiger partial charge in [-0.3, -0.25) is 0 Å². The van der Waals surface area contributed by atoms with Gasteiger partial charge in [-0.1, -0.05) is 46.3 Å². The summed E-state index contributed by atoms with van der Waals surface area (Å²) in [5.74, 6) is -0.424. The summed E-state index contributed by atoms with van der Waals surface area (Å²) < 4.78 is 51.4. The number of alkyl halides is 4. The largest absolute Gasteiger partial charge is 0.416 e. The third-order valence-corrected chi connectivity index (χ3v) is 4.02. The van der Waals surface area contributed by atoms with Crippen molar-refractivity contribution in [3.8, 4) is 0 Å². The van der Waals surface area contributed by atoms with Gasteiger partial charge in [0.25, 0.3) is 0 Å². The normalized spacial score (nSPS) is 13.2. The van der Waals surface area contributed by atoms with Crippen molar-refractivity contribution < 1.29 is 17.6 Å². The first kappa shape index (κ1) is 16.0. The van der Waals surface area contributed by atoms with Gasteiger partial charge in [0.15, 0.2) is 0 Å². The Hall–Kier alpha value is -1.36. The van der Waals surface area contributed by atoms with Crippen molar-refractivity contribution in [2.24, 2.45) is 0 Å². The zero-order chi connectivity index (χ0) is 15.5. The molecule has 112 valence electrons. The van der Waals surface area contributed by atoms with Gasteiger partial charge < -0.3 is 0 Å². The second-order valence-corrected chi connectivity index (χ2v) is 5.46. The average molecular weight is 361 g/mol. The monoisotopic (exact) mass is 360 g/mol. The second-order valence-electron chi connectivity index (χ2n) is 4.81. The van der Waals surface area contributed by atoms with Crippen LogP contribution in [0.25, 0.3) is 0 Å². The molecule has 0 amide bonds. The maximum Gasteiger partial charge on any atom is 0.416 e. The molecule has 0 radical (unpaired) electrons. The molecule has 0 nitrogen and oxygen atoms in total. The van der Waals surface area contributed by atoms with Gasteiger partial charge >= 0.3 is 6.18 Å². The molecular weight excluding hydrogens is 348 g/mol. The van der Waals surface area contributed by atoms with Crippen LogP contribution in [-0.2, 0) is 12.6 Å². The van der Waals surface area contributed by atoms with E-state index in [0.717, 1.165) is 17.7 Å². The molecule has 2 aromatic carbocycles. The van der Waals surface area contributed by atoms with Gasteiger partial charge in [-0.25, -0.2) is 4.39 Å². The van der Waals surface area contributed by atoms with Crippen molar-refractivity contribution in [2.75, 3.05) is 5.33 Å². The highest BCUT2D eigenvalue weighted by molar-refractivity contribution is 9.09. The maximum absolute atomic E-state index is 13.3. The molecular formula is C16H13BrF4. The summed E-state index contributed by atoms with van der Waals surface area (Å²) in [4.78, 5) is 0. The number of rotatable bonds is 4. The van der Waals surface area contributed by atoms with Gasteiger partial charge in [-0.2, -0.15) is 13.2 Å². The Morgan fingerprint density at radius 1 is 1.00 bits per heavy atom. The first-order valence-electron chi connectivity index (χ1n) is 6.37. The zero-order valence-electron chi connectivity index (χ0n) is 11.0. The van der Waals surface area contributed by atoms with Gasteiger partial charge in [0.05, 0.1) is 5.56 Å². The van der Waals surface area contributed by atoms with Crippen LogP contribution in [-0.4, -0.2) is 5.33 Å². The number of benzene rings is 2. The lowest BCUT2D eigenvalue weighted by molar-refractivity contribution is -0.137. The Balaban J connectivity index is 2.23. The minimum atomic E-state index is -4.35. The number of hydrogen-bond acceptors (Lipinski definition) is 0. The first-order chi connectivity index (χ1) is 9.90. The third kappa shape index (κ3) is 4.30. The van der Waals surface area contributed by atoms with Crippen LogP contribution in [0.5, 0.6) is 0 Å². The molecule has 5 heteroatoms. The smallest absolute Gasteiger partial charge is 0.207 e. The van der Waals surface area contributed by atoms with Crippen LogP contribution in [0.1, 0.15) is 22.6 Å². The lowest BCUT2D eigenvalue weighted by Gasteiger charge is -2.16. The van der Waals surface area contributed by atoms with Crippen LogP contribution in [0.15, 0.2) is 48.5 Å². The Morgan fingerprint density at radius 3 is 2.33 bits per heavy atom. The van der Waals surface area contributed by atoms with E-state index in [1.807, 2.05) is 0 Å². The third-order valence-electron chi connectivity index (χ3n) is 3.24. The molecule has 0 aliphatic heterocycles. The molecule has 0 bridgehead atoms. The van der Waals surface area contributed by atoms with Gasteiger partial charge in [-0.05, 0) is 41.7 Å². The highest BCUT2D eigenvalue weighted by Crippen LogP contribution is 2.31. The summed E-state index contributed by atoms with van der Waals surface area (Å²) in [6.07, 6.45) is -3.93. The standard InChI is InChI=1S/C16H13BrF4/c17-10-13(12-4-2-6-15(18)9-12)7-11-3-1-5-14(8-11)16(19,20)21/h1-6,8-9,13H,7,10H2. The van der Waals surface area contributed by atoms with Crippen LogP contribution in [0.2, 0.25) is 0 Å². The van der Waals surface area contributed by atoms with E-state index in [-0.39, 0.29) is 11.7 Å². The fourth-order valence-electron chi connectivity index (χ4n) is 2.18. The Bertz CT molecular complexity index is 607. The topological polar surface area (TPSA) is 0 Å². The van der Waals surface area contributed by atoms with E-state index in [1.54, 1.807) is 18.2 Å². The quantitative estimate of drug-likeness (QED) is 0.494. The minimum Gasteiger partial charge on any atom is -0.207 e. The Morgan fingerprint density at radius 2 is 1.71 bits per heavy atom. The molecule has 1 unspecified atom stereocenters. The molecule has 0 N–H and O–H groups in total. The van der Waals surface area contributed by atoms with Crippen LogP contribution in [0.3, 0.4) is 0 Å². The van der Waals surface area contributed by atoms with E-state index in [9.17, 15) is 17.6 Å². The van der Waals surface area contributed by atoms with Gasteiger partial charge in [0, 0.05) is 5.33 Å². The van der Waals surface area contributed by atoms with Crippen molar-refractivity contribution >= 4 is 15.9 Å². The second kappa shape index (κ2) is 6.60. The Labute approximate surface area is 128 Å². The molecule has 0 heterocycles. The SMILES string of the molecule is Fc1cccc(C(CBr)Cc2cccc(C(F)(F)F)c2)c1. The summed E-state index contributed by atoms with van der Waals surface area (Å²) in [6, 6.07) is 11.4. The Kier molecular flexibility index (Phi) is 5.04. The average Bonchev–Trinajstić information content (AvgIpc) is 2.44. The molecule has 0 saturated heterocycles. The number of halogens is 5. The molecule has 2 aromatic rings. The molecule has 0 aliphatic carbocycles. The maximum atomic E-state index is 13.3. The van der Waals surface area contributed by atoms with Crippen molar-refractivity contribution in [1.29, 1.82) is 0 Å². The molecule has 21 heavy (non-hydrogen) atoms. The van der Waals surface area contributed by atoms with Crippen molar-refractivity contribution in [1.82, 2.24) is 0 Å². The van der Waals surface area contributed by atoms with Gasteiger partial charge in [-0.15, -0.1) is 0 Å². The highest BCUT2D eigenvalue weighted by Gasteiger charge is 2.30. The molecule has 2 rings (SSSR count). The predicted octanol–water partition coefficient (Wildman–Crippen LogP) is 5.57. The van der Waals surface area contributed by atoms with E-state index >= 15 is 0 Å². The van der Waals surface area contributed by atoms with Gasteiger partial charge in [0.2, 0.25) is 0 Å². The molecule has 0 fully saturated rings. The van der Waals surface area contributed by atoms with E-state index in [2.05, 4.69) is 15.9 Å². The summed E-state index contributed by atoms with van der Waals surface area (Å²) in [5.41, 5.74) is 0.690. The summed E-state index contributed by atoms with van der Waals surface area (Å²) in [7, 11) is 0. The molecule has 0 saturated carbocycles. The lowest BCUT2D eigenvalue weighted by atomic mass is 9.93. The molecule has 1 atom stereocenters. The van der Waals surface area contributed by atoms with Crippen molar-refractivity contribution in [2.45, 2.75) is 18.5 Å². The van der Waals surface area contributed by atoms with Crippen molar-refractivity contribution in [3.63, 3.8) is 0 Å². The van der Waals surface area contributed by atoms with Crippen molar-refractivity contribution in [3.05, 3.63) is 71.0 Å². The molecule has 0 spiro atoms. The molecule has 0 aromatic heterocycles. The van der Waals surface area contributed by atoms with Crippen LogP contribution < -0.4 is 0 Å². The zero-order valence-corrected chi connectivity index (χ0v) is 12.6. The predicted molar refractivity (Wildman–Crippen MR) is 78.1 cm³/mol. The van der Waals surface area contributed by atoms with E-state index < -0.39 is 11.7 Å². The minimum absolute atomic E-state index is 0.0795. The summed E-state index contributed by atoms with van der Waals surface area (Å²) >= 11 is 3.35. The van der Waals surface area contributed by atoms with E-state index in [4.69, 9.17) is 0 Å². The fourth-order valence-corrected chi connectivity index (χ4v) is 2.78. The summed E-state index contributed by atoms with van der Waals surface area (Å²) in [6.45, 7) is 0. The van der Waals surface area contributed by atoms with Crippen LogP contribution >= 0.6 is 15.9 Å². The summed E-state index contributed by atoms with van der Waals surface area (Å²) in [5, 5.41) is 0.548. The van der Waals surface area contributed by atoms with E-state index in [1.165, 1.54) is 18.2 Å².